The summed E-state index contributed by atoms with van der Waals surface area (Å²) in [5.41, 5.74) is 2.91. The molecule has 26 heavy (non-hydrogen) atoms. The summed E-state index contributed by atoms with van der Waals surface area (Å²) in [6, 6.07) is 9.10. The number of carbonyl (C=O) groups is 2. The minimum Gasteiger partial charge on any atom is -0.504 e. The van der Waals surface area contributed by atoms with E-state index in [2.05, 4.69) is 15.8 Å². The first kappa shape index (κ1) is 19.1. The van der Waals surface area contributed by atoms with E-state index >= 15 is 0 Å². The highest BCUT2D eigenvalue weighted by molar-refractivity contribution is 6.40. The molecule has 0 fully saturated rings. The van der Waals surface area contributed by atoms with E-state index in [4.69, 9.17) is 21.1 Å². The van der Waals surface area contributed by atoms with Crippen LogP contribution < -0.4 is 20.2 Å². The Morgan fingerprint density at radius 3 is 2.50 bits per heavy atom. The number of anilines is 1. The van der Waals surface area contributed by atoms with E-state index in [1.165, 1.54) is 38.6 Å². The number of halogens is 1. The van der Waals surface area contributed by atoms with Crippen molar-refractivity contribution in [2.75, 3.05) is 19.5 Å². The van der Waals surface area contributed by atoms with Crippen LogP contribution in [0.4, 0.5) is 5.69 Å². The summed E-state index contributed by atoms with van der Waals surface area (Å²) in [6.45, 7) is 0. The van der Waals surface area contributed by atoms with Gasteiger partial charge < -0.3 is 19.9 Å². The van der Waals surface area contributed by atoms with Gasteiger partial charge in [0.2, 0.25) is 0 Å². The van der Waals surface area contributed by atoms with E-state index in [1.54, 1.807) is 18.2 Å². The van der Waals surface area contributed by atoms with Crippen LogP contribution in [0.15, 0.2) is 41.5 Å². The summed E-state index contributed by atoms with van der Waals surface area (Å²) in [7, 11) is 2.83. The van der Waals surface area contributed by atoms with Gasteiger partial charge in [0.15, 0.2) is 11.5 Å². The number of nitrogens with one attached hydrogen (secondary N) is 2. The number of ether oxygens (including phenoxy) is 2. The molecule has 0 saturated carbocycles. The van der Waals surface area contributed by atoms with E-state index in [9.17, 15) is 14.7 Å². The maximum absolute atomic E-state index is 11.9. The molecule has 2 aromatic carbocycles. The highest BCUT2D eigenvalue weighted by Gasteiger charge is 2.15. The van der Waals surface area contributed by atoms with Gasteiger partial charge >= 0.3 is 11.8 Å². The van der Waals surface area contributed by atoms with Crippen LogP contribution in [-0.4, -0.2) is 37.4 Å². The van der Waals surface area contributed by atoms with Crippen molar-refractivity contribution >= 4 is 35.3 Å². The Hall–Kier alpha value is -3.26. The van der Waals surface area contributed by atoms with Crippen molar-refractivity contribution < 1.29 is 24.2 Å². The first-order valence-electron chi connectivity index (χ1n) is 7.29. The number of phenols is 1. The molecule has 0 aromatic heterocycles. The molecule has 0 radical (unpaired) electrons. The molecule has 9 heteroatoms. The highest BCUT2D eigenvalue weighted by atomic mass is 35.5. The fraction of sp³-hybridized carbons (Fsp3) is 0.118. The predicted octanol–water partition coefficient (Wildman–Crippen LogP) is 2.15. The normalized spacial score (nSPS) is 10.4. The zero-order valence-electron chi connectivity index (χ0n) is 13.9. The van der Waals surface area contributed by atoms with Gasteiger partial charge in [-0.2, -0.15) is 5.10 Å². The number of amides is 2. The number of benzene rings is 2. The van der Waals surface area contributed by atoms with Gasteiger partial charge in [-0.3, -0.25) is 9.59 Å². The first-order valence-corrected chi connectivity index (χ1v) is 7.67. The van der Waals surface area contributed by atoms with Crippen molar-refractivity contribution in [3.05, 3.63) is 47.0 Å². The van der Waals surface area contributed by atoms with Gasteiger partial charge in [-0.25, -0.2) is 5.43 Å². The predicted molar refractivity (Wildman–Crippen MR) is 97.0 cm³/mol. The van der Waals surface area contributed by atoms with Crippen LogP contribution in [0.2, 0.25) is 5.02 Å². The molecule has 2 amide bonds. The molecule has 2 aromatic rings. The van der Waals surface area contributed by atoms with Crippen molar-refractivity contribution in [1.82, 2.24) is 5.43 Å². The van der Waals surface area contributed by atoms with Gasteiger partial charge in [0.05, 0.1) is 26.1 Å². The number of hydrazone groups is 1. The van der Waals surface area contributed by atoms with Gasteiger partial charge in [-0.15, -0.1) is 0 Å². The van der Waals surface area contributed by atoms with Crippen molar-refractivity contribution in [2.24, 2.45) is 5.10 Å². The second-order valence-electron chi connectivity index (χ2n) is 4.93. The van der Waals surface area contributed by atoms with E-state index in [1.807, 2.05) is 0 Å². The van der Waals surface area contributed by atoms with Crippen molar-refractivity contribution in [3.8, 4) is 17.2 Å². The average Bonchev–Trinajstić information content (AvgIpc) is 2.63. The van der Waals surface area contributed by atoms with Crippen LogP contribution >= 0.6 is 11.6 Å². The third-order valence-electron chi connectivity index (χ3n) is 3.20. The molecule has 2 rings (SSSR count). The summed E-state index contributed by atoms with van der Waals surface area (Å²) in [6.07, 6.45) is 1.30. The molecule has 0 saturated heterocycles. The fourth-order valence-electron chi connectivity index (χ4n) is 1.95. The zero-order chi connectivity index (χ0) is 19.1. The molecule has 0 bridgehead atoms. The summed E-state index contributed by atoms with van der Waals surface area (Å²) in [5, 5.41) is 16.0. The highest BCUT2D eigenvalue weighted by Crippen LogP contribution is 2.27. The summed E-state index contributed by atoms with van der Waals surface area (Å²) >= 11 is 5.87. The molecular weight excluding hydrogens is 362 g/mol. The quantitative estimate of drug-likeness (QED) is 0.420. The van der Waals surface area contributed by atoms with Crippen molar-refractivity contribution in [1.29, 1.82) is 0 Å². The number of phenolic OH excluding ortho intramolecular Hbond substituents is 1. The van der Waals surface area contributed by atoms with Crippen molar-refractivity contribution in [2.45, 2.75) is 0 Å². The third kappa shape index (κ3) is 4.87. The van der Waals surface area contributed by atoms with Crippen LogP contribution in [0.1, 0.15) is 5.56 Å². The van der Waals surface area contributed by atoms with Gasteiger partial charge in [-0.05, 0) is 42.0 Å². The minimum atomic E-state index is -0.978. The Morgan fingerprint density at radius 2 is 1.81 bits per heavy atom. The number of nitrogens with zero attached hydrogens (tertiary/aromatic N) is 1. The number of rotatable bonds is 5. The van der Waals surface area contributed by atoms with Gasteiger partial charge in [0, 0.05) is 5.02 Å². The Bertz CT molecular complexity index is 854. The van der Waals surface area contributed by atoms with Gasteiger partial charge in [0.25, 0.3) is 0 Å². The SMILES string of the molecule is COc1cc(/C=N\NC(=O)C(=O)Nc2cc(Cl)ccc2OC)ccc1O. The molecule has 0 heterocycles. The van der Waals surface area contributed by atoms with E-state index < -0.39 is 11.8 Å². The summed E-state index contributed by atoms with van der Waals surface area (Å²) < 4.78 is 10.0. The van der Waals surface area contributed by atoms with Gasteiger partial charge in [0.1, 0.15) is 5.75 Å². The lowest BCUT2D eigenvalue weighted by Crippen LogP contribution is -2.32. The minimum absolute atomic E-state index is 0.0245. The van der Waals surface area contributed by atoms with Crippen LogP contribution in [-0.2, 0) is 9.59 Å². The number of methoxy groups -OCH3 is 2. The molecule has 0 atom stereocenters. The maximum Gasteiger partial charge on any atom is 0.329 e. The number of hydrogen-bond acceptors (Lipinski definition) is 6. The number of carbonyl (C=O) groups excluding carboxylic acids is 2. The van der Waals surface area contributed by atoms with Crippen LogP contribution in [0.5, 0.6) is 17.2 Å². The van der Waals surface area contributed by atoms with Gasteiger partial charge in [-0.1, -0.05) is 11.6 Å². The smallest absolute Gasteiger partial charge is 0.329 e. The average molecular weight is 378 g/mol. The second-order valence-corrected chi connectivity index (χ2v) is 5.37. The Labute approximate surface area is 154 Å². The lowest BCUT2D eigenvalue weighted by molar-refractivity contribution is -0.136. The maximum atomic E-state index is 11.9. The molecule has 8 nitrogen and oxygen atoms in total. The standard InChI is InChI=1S/C17H16ClN3O5/c1-25-14-6-4-11(18)8-12(14)20-16(23)17(24)21-19-9-10-3-5-13(22)15(7-10)26-2/h3-9,22H,1-2H3,(H,20,23)(H,21,24)/b19-9-. The Balaban J connectivity index is 1.99. The molecule has 0 aliphatic heterocycles. The molecule has 0 aliphatic carbocycles. The number of hydrogen-bond donors (Lipinski definition) is 3. The molecule has 0 spiro atoms. The largest absolute Gasteiger partial charge is 0.504 e. The zero-order valence-corrected chi connectivity index (χ0v) is 14.7. The Kier molecular flexibility index (Phi) is 6.40. The second kappa shape index (κ2) is 8.72. The Morgan fingerprint density at radius 1 is 1.08 bits per heavy atom. The van der Waals surface area contributed by atoms with E-state index in [0.29, 0.717) is 16.3 Å². The molecule has 0 unspecified atom stereocenters. The summed E-state index contributed by atoms with van der Waals surface area (Å²) in [5.74, 6) is -1.33. The lowest BCUT2D eigenvalue weighted by Gasteiger charge is -2.09. The first-order chi connectivity index (χ1) is 12.4. The lowest BCUT2D eigenvalue weighted by atomic mass is 10.2. The van der Waals surface area contributed by atoms with Crippen LogP contribution in [0.25, 0.3) is 0 Å². The topological polar surface area (TPSA) is 109 Å². The fourth-order valence-corrected chi connectivity index (χ4v) is 2.12. The van der Waals surface area contributed by atoms with E-state index in [0.717, 1.165) is 0 Å². The van der Waals surface area contributed by atoms with Crippen LogP contribution in [0.3, 0.4) is 0 Å². The van der Waals surface area contributed by atoms with Crippen molar-refractivity contribution in [3.63, 3.8) is 0 Å². The monoisotopic (exact) mass is 377 g/mol. The number of aromatic hydroxyl groups is 1. The molecule has 3 N–H and O–H groups in total. The summed E-state index contributed by atoms with van der Waals surface area (Å²) in [4.78, 5) is 23.8. The van der Waals surface area contributed by atoms with Crippen LogP contribution in [0, 0.1) is 0 Å². The van der Waals surface area contributed by atoms with E-state index in [-0.39, 0.29) is 17.2 Å². The third-order valence-corrected chi connectivity index (χ3v) is 3.43. The molecular formula is C17H16ClN3O5. The molecule has 0 aliphatic rings. The molecule has 136 valence electrons.